The van der Waals surface area contributed by atoms with Gasteiger partial charge in [-0.2, -0.15) is 0 Å². The van der Waals surface area contributed by atoms with Crippen LogP contribution < -0.4 is 10.3 Å². The summed E-state index contributed by atoms with van der Waals surface area (Å²) < 4.78 is 5.34. The SMILES string of the molecule is CC(Oc1cccc(/C=C(/Cl)c2nc3ccccc3c(=O)[nH]2)c1)C(=O)O. The number of aliphatic carboxylic acids is 1. The Labute approximate surface area is 153 Å². The van der Waals surface area contributed by atoms with Gasteiger partial charge in [0.15, 0.2) is 11.9 Å². The average molecular weight is 371 g/mol. The molecule has 2 N–H and O–H groups in total. The van der Waals surface area contributed by atoms with Gasteiger partial charge in [-0.3, -0.25) is 4.79 Å². The third-order valence-corrected chi connectivity index (χ3v) is 3.94. The van der Waals surface area contributed by atoms with Crippen LogP contribution in [-0.4, -0.2) is 27.1 Å². The quantitative estimate of drug-likeness (QED) is 0.717. The normalized spacial score (nSPS) is 12.8. The molecule has 0 saturated heterocycles. The van der Waals surface area contributed by atoms with Crippen LogP contribution in [0.4, 0.5) is 0 Å². The van der Waals surface area contributed by atoms with Gasteiger partial charge < -0.3 is 14.8 Å². The number of H-pyrrole nitrogens is 1. The van der Waals surface area contributed by atoms with E-state index in [9.17, 15) is 9.59 Å². The number of aromatic nitrogens is 2. The monoisotopic (exact) mass is 370 g/mol. The van der Waals surface area contributed by atoms with Gasteiger partial charge in [0.1, 0.15) is 5.75 Å². The second-order valence-electron chi connectivity index (χ2n) is 5.59. The van der Waals surface area contributed by atoms with Gasteiger partial charge >= 0.3 is 5.97 Å². The molecule has 1 unspecified atom stereocenters. The van der Waals surface area contributed by atoms with Crippen molar-refractivity contribution >= 4 is 39.6 Å². The Balaban J connectivity index is 1.93. The summed E-state index contributed by atoms with van der Waals surface area (Å²) in [5.74, 6) is -0.402. The summed E-state index contributed by atoms with van der Waals surface area (Å²) in [5, 5.41) is 9.65. The van der Waals surface area contributed by atoms with Gasteiger partial charge in [-0.05, 0) is 42.8 Å². The van der Waals surface area contributed by atoms with Crippen molar-refractivity contribution < 1.29 is 14.6 Å². The molecule has 7 heteroatoms. The van der Waals surface area contributed by atoms with Crippen LogP contribution in [0.15, 0.2) is 53.3 Å². The molecule has 0 spiro atoms. The molecule has 0 bridgehead atoms. The van der Waals surface area contributed by atoms with Crippen LogP contribution in [0.3, 0.4) is 0 Å². The highest BCUT2D eigenvalue weighted by atomic mass is 35.5. The van der Waals surface area contributed by atoms with E-state index in [0.717, 1.165) is 0 Å². The highest BCUT2D eigenvalue weighted by Gasteiger charge is 2.12. The van der Waals surface area contributed by atoms with Crippen molar-refractivity contribution in [2.75, 3.05) is 0 Å². The molecule has 1 heterocycles. The van der Waals surface area contributed by atoms with Gasteiger partial charge in [-0.15, -0.1) is 0 Å². The van der Waals surface area contributed by atoms with Gasteiger partial charge in [-0.25, -0.2) is 9.78 Å². The van der Waals surface area contributed by atoms with Crippen molar-refractivity contribution in [3.8, 4) is 5.75 Å². The second-order valence-corrected chi connectivity index (χ2v) is 6.00. The highest BCUT2D eigenvalue weighted by Crippen LogP contribution is 2.22. The fourth-order valence-corrected chi connectivity index (χ4v) is 2.56. The van der Waals surface area contributed by atoms with Crippen LogP contribution >= 0.6 is 11.6 Å². The van der Waals surface area contributed by atoms with Crippen LogP contribution in [0.5, 0.6) is 5.75 Å². The van der Waals surface area contributed by atoms with Gasteiger partial charge in [0.05, 0.1) is 15.9 Å². The topological polar surface area (TPSA) is 92.3 Å². The molecule has 0 saturated carbocycles. The minimum Gasteiger partial charge on any atom is -0.479 e. The van der Waals surface area contributed by atoms with E-state index in [1.807, 2.05) is 0 Å². The molecule has 0 aliphatic rings. The maximum absolute atomic E-state index is 12.1. The minimum atomic E-state index is -1.05. The summed E-state index contributed by atoms with van der Waals surface area (Å²) in [4.78, 5) is 30.0. The van der Waals surface area contributed by atoms with Crippen molar-refractivity contribution in [1.29, 1.82) is 0 Å². The zero-order chi connectivity index (χ0) is 18.7. The number of carboxylic acids is 1. The van der Waals surface area contributed by atoms with Crippen molar-refractivity contribution in [2.24, 2.45) is 0 Å². The van der Waals surface area contributed by atoms with E-state index in [-0.39, 0.29) is 16.4 Å². The number of halogens is 1. The number of benzene rings is 2. The molecule has 1 aromatic heterocycles. The second kappa shape index (κ2) is 7.41. The molecule has 0 aliphatic carbocycles. The molecule has 26 heavy (non-hydrogen) atoms. The molecule has 3 aromatic rings. The zero-order valence-corrected chi connectivity index (χ0v) is 14.5. The number of para-hydroxylation sites is 1. The summed E-state index contributed by atoms with van der Waals surface area (Å²) in [6.45, 7) is 1.45. The van der Waals surface area contributed by atoms with Gasteiger partial charge in [0.25, 0.3) is 5.56 Å². The molecule has 0 aliphatic heterocycles. The fraction of sp³-hybridized carbons (Fsp3) is 0.105. The van der Waals surface area contributed by atoms with Gasteiger partial charge in [0, 0.05) is 0 Å². The molecular formula is C19H15ClN2O4. The molecule has 6 nitrogen and oxygen atoms in total. The maximum atomic E-state index is 12.1. The van der Waals surface area contributed by atoms with Crippen LogP contribution in [-0.2, 0) is 4.79 Å². The highest BCUT2D eigenvalue weighted by molar-refractivity contribution is 6.50. The molecule has 0 radical (unpaired) electrons. The average Bonchev–Trinajstić information content (AvgIpc) is 2.62. The Hall–Kier alpha value is -3.12. The smallest absolute Gasteiger partial charge is 0.344 e. The third-order valence-electron chi connectivity index (χ3n) is 3.65. The van der Waals surface area contributed by atoms with E-state index < -0.39 is 12.1 Å². The lowest BCUT2D eigenvalue weighted by Gasteiger charge is -2.10. The maximum Gasteiger partial charge on any atom is 0.344 e. The van der Waals surface area contributed by atoms with Crippen molar-refractivity contribution in [3.63, 3.8) is 0 Å². The van der Waals surface area contributed by atoms with E-state index >= 15 is 0 Å². The Bertz CT molecular complexity index is 1060. The largest absolute Gasteiger partial charge is 0.479 e. The van der Waals surface area contributed by atoms with Crippen molar-refractivity contribution in [3.05, 3.63) is 70.3 Å². The van der Waals surface area contributed by atoms with E-state index in [2.05, 4.69) is 9.97 Å². The molecule has 132 valence electrons. The van der Waals surface area contributed by atoms with E-state index in [1.54, 1.807) is 54.6 Å². The van der Waals surface area contributed by atoms with Crippen molar-refractivity contribution in [1.82, 2.24) is 9.97 Å². The van der Waals surface area contributed by atoms with E-state index in [1.165, 1.54) is 6.92 Å². The molecule has 3 rings (SSSR count). The third kappa shape index (κ3) is 3.92. The first kappa shape index (κ1) is 17.7. The number of fused-ring (bicyclic) bond motifs is 1. The number of hydrogen-bond acceptors (Lipinski definition) is 4. The Morgan fingerprint density at radius 1 is 1.27 bits per heavy atom. The molecular weight excluding hydrogens is 356 g/mol. The summed E-state index contributed by atoms with van der Waals surface area (Å²) in [5.41, 5.74) is 0.954. The number of carbonyl (C=O) groups is 1. The lowest BCUT2D eigenvalue weighted by atomic mass is 10.2. The molecule has 2 aromatic carbocycles. The standard InChI is InChI=1S/C19H15ClN2O4/c1-11(19(24)25)26-13-6-4-5-12(9-13)10-15(20)17-21-16-8-3-2-7-14(16)18(23)22-17/h2-11H,1H3,(H,24,25)(H,21,22,23)/b15-10+. The number of nitrogens with zero attached hydrogens (tertiary/aromatic N) is 1. The summed E-state index contributed by atoms with van der Waals surface area (Å²) in [6, 6.07) is 13.8. The van der Waals surface area contributed by atoms with Gasteiger partial charge in [-0.1, -0.05) is 35.9 Å². The van der Waals surface area contributed by atoms with Crippen LogP contribution in [0.1, 0.15) is 18.3 Å². The van der Waals surface area contributed by atoms with Crippen LogP contribution in [0, 0.1) is 0 Å². The van der Waals surface area contributed by atoms with Crippen molar-refractivity contribution in [2.45, 2.75) is 13.0 Å². The first-order valence-electron chi connectivity index (χ1n) is 7.80. The van der Waals surface area contributed by atoms with E-state index in [4.69, 9.17) is 21.4 Å². The Morgan fingerprint density at radius 2 is 2.04 bits per heavy atom. The summed E-state index contributed by atoms with van der Waals surface area (Å²) in [6.07, 6.45) is 0.649. The number of nitrogens with one attached hydrogen (secondary N) is 1. The zero-order valence-electron chi connectivity index (χ0n) is 13.8. The predicted octanol–water partition coefficient (Wildman–Crippen LogP) is 3.51. The summed E-state index contributed by atoms with van der Waals surface area (Å²) >= 11 is 6.32. The molecule has 0 amide bonds. The fourth-order valence-electron chi connectivity index (χ4n) is 2.35. The Kier molecular flexibility index (Phi) is 5.04. The number of carboxylic acid groups (broad SMARTS) is 1. The molecule has 0 fully saturated rings. The minimum absolute atomic E-state index is 0.247. The lowest BCUT2D eigenvalue weighted by Crippen LogP contribution is -2.22. The van der Waals surface area contributed by atoms with Gasteiger partial charge in [0.2, 0.25) is 0 Å². The van der Waals surface area contributed by atoms with Crippen LogP contribution in [0.2, 0.25) is 0 Å². The first-order valence-corrected chi connectivity index (χ1v) is 8.18. The number of aromatic amines is 1. The lowest BCUT2D eigenvalue weighted by molar-refractivity contribution is -0.144. The summed E-state index contributed by atoms with van der Waals surface area (Å²) in [7, 11) is 0. The molecule has 1 atom stereocenters. The predicted molar refractivity (Wildman–Crippen MR) is 100 cm³/mol. The Morgan fingerprint density at radius 3 is 2.81 bits per heavy atom. The van der Waals surface area contributed by atoms with Crippen LogP contribution in [0.25, 0.3) is 22.0 Å². The number of rotatable bonds is 5. The number of ether oxygens (including phenoxy) is 1. The number of hydrogen-bond donors (Lipinski definition) is 2. The first-order chi connectivity index (χ1) is 12.4. The van der Waals surface area contributed by atoms with E-state index in [0.29, 0.717) is 22.2 Å².